The normalized spacial score (nSPS) is 13.6. The maximum atomic E-state index is 13.0. The molecule has 2 heterocycles. The van der Waals surface area contributed by atoms with E-state index in [1.807, 2.05) is 4.98 Å². The molecular weight excluding hydrogens is 478 g/mol. The summed E-state index contributed by atoms with van der Waals surface area (Å²) in [5, 5.41) is 0. The number of carbonyl (C=O) groups excluding carboxylic acids is 3. The smallest absolute Gasteiger partial charge is 0.338 e. The molecule has 0 bridgehead atoms. The summed E-state index contributed by atoms with van der Waals surface area (Å²) in [7, 11) is -4.08. The van der Waals surface area contributed by atoms with E-state index in [-0.39, 0.29) is 38.8 Å². The summed E-state index contributed by atoms with van der Waals surface area (Å²) >= 11 is 0. The highest BCUT2D eigenvalue weighted by molar-refractivity contribution is 7.91. The van der Waals surface area contributed by atoms with Gasteiger partial charge in [-0.15, -0.1) is 0 Å². The number of hydrogen-bond donors (Lipinski definition) is 2. The second kappa shape index (κ2) is 8.80. The third kappa shape index (κ3) is 3.97. The molecule has 0 amide bonds. The van der Waals surface area contributed by atoms with Crippen molar-refractivity contribution in [1.29, 1.82) is 0 Å². The summed E-state index contributed by atoms with van der Waals surface area (Å²) in [6, 6.07) is 9.15. The van der Waals surface area contributed by atoms with Gasteiger partial charge in [-0.05, 0) is 36.8 Å². The molecular formula is C23H19N3O8S. The Morgan fingerprint density at radius 3 is 2.43 bits per heavy atom. The van der Waals surface area contributed by atoms with E-state index in [0.29, 0.717) is 6.42 Å². The zero-order chi connectivity index (χ0) is 25.5. The summed E-state index contributed by atoms with van der Waals surface area (Å²) < 4.78 is 32.0. The minimum absolute atomic E-state index is 0.0353. The van der Waals surface area contributed by atoms with Gasteiger partial charge in [0.25, 0.3) is 5.56 Å². The topological polar surface area (TPSA) is 175 Å². The number of nitrogens with two attached hydrogens (primary N) is 1. The fourth-order valence-electron chi connectivity index (χ4n) is 3.80. The predicted molar refractivity (Wildman–Crippen MR) is 122 cm³/mol. The number of esters is 1. The van der Waals surface area contributed by atoms with Gasteiger partial charge >= 0.3 is 11.7 Å². The van der Waals surface area contributed by atoms with Gasteiger partial charge in [0.2, 0.25) is 15.6 Å². The molecule has 0 unspecified atom stereocenters. The SMILES string of the molecule is CCCn1c(N)c(C(=O)COC(=O)c2ccc3c(c2)S(=O)(=O)c2ccccc2C3=O)c(=O)[nH]c1=O. The average Bonchev–Trinajstić information content (AvgIpc) is 2.83. The third-order valence-electron chi connectivity index (χ3n) is 5.47. The van der Waals surface area contributed by atoms with Gasteiger partial charge in [0.1, 0.15) is 11.4 Å². The molecule has 2 aromatic carbocycles. The van der Waals surface area contributed by atoms with Crippen LogP contribution >= 0.6 is 0 Å². The molecule has 35 heavy (non-hydrogen) atoms. The van der Waals surface area contributed by atoms with Gasteiger partial charge in [0.05, 0.1) is 15.4 Å². The first-order chi connectivity index (χ1) is 16.6. The quantitative estimate of drug-likeness (QED) is 0.290. The van der Waals surface area contributed by atoms with Gasteiger partial charge < -0.3 is 10.5 Å². The number of ether oxygens (including phenoxy) is 1. The van der Waals surface area contributed by atoms with Crippen molar-refractivity contribution in [1.82, 2.24) is 9.55 Å². The van der Waals surface area contributed by atoms with Crippen LogP contribution in [0.15, 0.2) is 61.8 Å². The summed E-state index contributed by atoms with van der Waals surface area (Å²) in [5.74, 6) is -2.85. The van der Waals surface area contributed by atoms with E-state index in [4.69, 9.17) is 10.5 Å². The predicted octanol–water partition coefficient (Wildman–Crippen LogP) is 0.946. The fraction of sp³-hybridized carbons (Fsp3) is 0.174. The molecule has 3 aromatic rings. The average molecular weight is 497 g/mol. The number of nitrogens with zero attached hydrogens (tertiary/aromatic N) is 1. The van der Waals surface area contributed by atoms with Crippen LogP contribution in [0.5, 0.6) is 0 Å². The van der Waals surface area contributed by atoms with Crippen molar-refractivity contribution >= 4 is 33.2 Å². The second-order valence-electron chi connectivity index (χ2n) is 7.71. The zero-order valence-corrected chi connectivity index (χ0v) is 19.2. The molecule has 1 aromatic heterocycles. The minimum atomic E-state index is -4.08. The van der Waals surface area contributed by atoms with Crippen molar-refractivity contribution in [2.45, 2.75) is 29.7 Å². The van der Waals surface area contributed by atoms with Gasteiger partial charge in [0, 0.05) is 17.7 Å². The van der Waals surface area contributed by atoms with Gasteiger partial charge in [0.15, 0.2) is 12.4 Å². The molecule has 0 radical (unpaired) electrons. The van der Waals surface area contributed by atoms with Crippen LogP contribution in [0, 0.1) is 0 Å². The van der Waals surface area contributed by atoms with E-state index in [1.54, 1.807) is 13.0 Å². The molecule has 0 saturated heterocycles. The molecule has 0 fully saturated rings. The van der Waals surface area contributed by atoms with Gasteiger partial charge in [-0.25, -0.2) is 18.0 Å². The number of sulfone groups is 1. The van der Waals surface area contributed by atoms with E-state index < -0.39 is 50.8 Å². The highest BCUT2D eigenvalue weighted by Crippen LogP contribution is 2.34. The Morgan fingerprint density at radius 1 is 1.03 bits per heavy atom. The Morgan fingerprint density at radius 2 is 1.71 bits per heavy atom. The number of aromatic nitrogens is 2. The van der Waals surface area contributed by atoms with Crippen LogP contribution in [0.2, 0.25) is 0 Å². The highest BCUT2D eigenvalue weighted by Gasteiger charge is 2.35. The first-order valence-electron chi connectivity index (χ1n) is 10.4. The fourth-order valence-corrected chi connectivity index (χ4v) is 5.48. The molecule has 3 N–H and O–H groups in total. The molecule has 0 atom stereocenters. The van der Waals surface area contributed by atoms with Crippen LogP contribution in [0.25, 0.3) is 0 Å². The van der Waals surface area contributed by atoms with E-state index in [9.17, 15) is 32.4 Å². The number of H-pyrrole nitrogens is 1. The number of fused-ring (bicyclic) bond motifs is 2. The van der Waals surface area contributed by atoms with E-state index in [2.05, 4.69) is 0 Å². The second-order valence-corrected chi connectivity index (χ2v) is 9.60. The van der Waals surface area contributed by atoms with Crippen molar-refractivity contribution in [3.63, 3.8) is 0 Å². The Labute approximate surface area is 198 Å². The summed E-state index contributed by atoms with van der Waals surface area (Å²) in [6.07, 6.45) is 0.507. The maximum Gasteiger partial charge on any atom is 0.338 e. The summed E-state index contributed by atoms with van der Waals surface area (Å²) in [5.41, 5.74) is 3.25. The number of rotatable bonds is 6. The van der Waals surface area contributed by atoms with Crippen molar-refractivity contribution in [2.24, 2.45) is 0 Å². The maximum absolute atomic E-state index is 13.0. The highest BCUT2D eigenvalue weighted by atomic mass is 32.2. The molecule has 4 rings (SSSR count). The van der Waals surface area contributed by atoms with Gasteiger partial charge in [-0.3, -0.25) is 23.9 Å². The molecule has 180 valence electrons. The monoisotopic (exact) mass is 497 g/mol. The largest absolute Gasteiger partial charge is 0.454 e. The van der Waals surface area contributed by atoms with Crippen LogP contribution in [-0.4, -0.2) is 42.1 Å². The number of hydrogen-bond acceptors (Lipinski definition) is 9. The number of aromatic amines is 1. The van der Waals surface area contributed by atoms with Crippen LogP contribution < -0.4 is 17.0 Å². The molecule has 1 aliphatic heterocycles. The minimum Gasteiger partial charge on any atom is -0.454 e. The van der Waals surface area contributed by atoms with E-state index in [0.717, 1.165) is 10.6 Å². The standard InChI is InChI=1S/C23H19N3O8S/c1-2-9-26-20(24)18(21(29)25-23(26)31)15(27)11-34-22(30)12-7-8-14-17(10-12)35(32,33)16-6-4-3-5-13(16)19(14)28/h3-8,10H,2,9,11,24H2,1H3,(H,25,29,31). The zero-order valence-electron chi connectivity index (χ0n) is 18.4. The number of benzene rings is 2. The molecule has 0 aliphatic carbocycles. The molecule has 0 saturated carbocycles. The lowest BCUT2D eigenvalue weighted by Gasteiger charge is -2.19. The van der Waals surface area contributed by atoms with Crippen molar-refractivity contribution in [3.8, 4) is 0 Å². The van der Waals surface area contributed by atoms with Crippen molar-refractivity contribution in [2.75, 3.05) is 12.3 Å². The number of ketones is 2. The number of anilines is 1. The first-order valence-corrected chi connectivity index (χ1v) is 11.9. The molecule has 11 nitrogen and oxygen atoms in total. The van der Waals surface area contributed by atoms with Crippen molar-refractivity contribution < 1.29 is 27.5 Å². The van der Waals surface area contributed by atoms with Crippen LogP contribution in [0.4, 0.5) is 5.82 Å². The van der Waals surface area contributed by atoms with Crippen molar-refractivity contribution in [3.05, 3.63) is 85.6 Å². The number of nitrogens with one attached hydrogen (secondary N) is 1. The summed E-state index contributed by atoms with van der Waals surface area (Å²) in [6.45, 7) is 1.04. The molecule has 12 heteroatoms. The molecule has 1 aliphatic rings. The first kappa shape index (κ1) is 23.8. The Kier molecular flexibility index (Phi) is 5.99. The number of nitrogen functional groups attached to an aromatic ring is 1. The number of Topliss-reactive ketones (excluding diaryl/α,β-unsaturated/α-hetero) is 1. The third-order valence-corrected chi connectivity index (χ3v) is 7.32. The lowest BCUT2D eigenvalue weighted by Crippen LogP contribution is -2.37. The Bertz CT molecular complexity index is 1630. The van der Waals surface area contributed by atoms with E-state index >= 15 is 0 Å². The van der Waals surface area contributed by atoms with Gasteiger partial charge in [-0.2, -0.15) is 0 Å². The number of carbonyl (C=O) groups is 3. The van der Waals surface area contributed by atoms with E-state index in [1.165, 1.54) is 30.3 Å². The Hall–Kier alpha value is -4.32. The van der Waals surface area contributed by atoms with Crippen LogP contribution in [-0.2, 0) is 21.1 Å². The van der Waals surface area contributed by atoms with Crippen LogP contribution in [0.3, 0.4) is 0 Å². The summed E-state index contributed by atoms with van der Waals surface area (Å²) in [4.78, 5) is 63.4. The lowest BCUT2D eigenvalue weighted by molar-refractivity contribution is 0.0474. The lowest BCUT2D eigenvalue weighted by atomic mass is 10.0. The Balaban J connectivity index is 1.60. The van der Waals surface area contributed by atoms with Crippen LogP contribution in [0.1, 0.15) is 50.0 Å². The molecule has 0 spiro atoms. The van der Waals surface area contributed by atoms with Gasteiger partial charge in [-0.1, -0.05) is 19.1 Å².